The molecule has 0 fully saturated rings. The molecule has 0 aliphatic heterocycles. The molecule has 0 unspecified atom stereocenters. The van der Waals surface area contributed by atoms with Crippen LogP contribution in [0.3, 0.4) is 0 Å². The molecule has 2 rings (SSSR count). The lowest BCUT2D eigenvalue weighted by Gasteiger charge is -2.24. The molecule has 2 aromatic rings. The van der Waals surface area contributed by atoms with Gasteiger partial charge in [0.1, 0.15) is 30.2 Å². The number of aliphatic hydroxyl groups excluding tert-OH is 5. The fourth-order valence-electron chi connectivity index (χ4n) is 2.16. The van der Waals surface area contributed by atoms with Crippen molar-refractivity contribution < 1.29 is 25.5 Å². The summed E-state index contributed by atoms with van der Waals surface area (Å²) in [7, 11) is 0. The van der Waals surface area contributed by atoms with E-state index < -0.39 is 30.2 Å². The van der Waals surface area contributed by atoms with Crippen LogP contribution < -0.4 is 5.43 Å². The fourth-order valence-corrected chi connectivity index (χ4v) is 2.16. The largest absolute Gasteiger partial charge is 0.509 e. The summed E-state index contributed by atoms with van der Waals surface area (Å²) in [5.41, 5.74) is 3.93. The van der Waals surface area contributed by atoms with Gasteiger partial charge in [0.25, 0.3) is 0 Å². The highest BCUT2D eigenvalue weighted by Gasteiger charge is 2.31. The second-order valence-electron chi connectivity index (χ2n) is 5.65. The zero-order valence-corrected chi connectivity index (χ0v) is 13.9. The number of rotatable bonds is 8. The van der Waals surface area contributed by atoms with Gasteiger partial charge in [-0.05, 0) is 23.8 Å². The predicted molar refractivity (Wildman–Crippen MR) is 99.6 cm³/mol. The molecule has 138 valence electrons. The number of nitrogens with one attached hydrogen (secondary N) is 1. The molecule has 7 nitrogen and oxygen atoms in total. The van der Waals surface area contributed by atoms with Gasteiger partial charge in [-0.1, -0.05) is 48.5 Å². The Bertz CT molecular complexity index is 721. The van der Waals surface area contributed by atoms with Crippen molar-refractivity contribution in [3.05, 3.63) is 72.0 Å². The third-order valence-corrected chi connectivity index (χ3v) is 3.64. The van der Waals surface area contributed by atoms with Crippen molar-refractivity contribution in [1.82, 2.24) is 0 Å². The summed E-state index contributed by atoms with van der Waals surface area (Å²) in [5.74, 6) is -0.533. The van der Waals surface area contributed by atoms with Gasteiger partial charge >= 0.3 is 0 Å². The smallest absolute Gasteiger partial charge is 0.139 e. The van der Waals surface area contributed by atoms with E-state index in [-0.39, 0.29) is 0 Å². The summed E-state index contributed by atoms with van der Waals surface area (Å²) in [5, 5.41) is 53.4. The molecule has 7 heteroatoms. The van der Waals surface area contributed by atoms with Gasteiger partial charge in [0.2, 0.25) is 0 Å². The second-order valence-corrected chi connectivity index (χ2v) is 5.65. The normalized spacial score (nSPS) is 16.8. The molecule has 0 bridgehead atoms. The summed E-state index contributed by atoms with van der Waals surface area (Å²) in [4.78, 5) is 0. The molecule has 0 heterocycles. The van der Waals surface area contributed by atoms with Crippen LogP contribution in [-0.2, 0) is 0 Å². The maximum absolute atomic E-state index is 9.98. The van der Waals surface area contributed by atoms with Crippen LogP contribution in [0.15, 0.2) is 71.5 Å². The molecule has 26 heavy (non-hydrogen) atoms. The highest BCUT2D eigenvalue weighted by molar-refractivity contribution is 5.65. The van der Waals surface area contributed by atoms with Gasteiger partial charge in [0, 0.05) is 0 Å². The van der Waals surface area contributed by atoms with Crippen molar-refractivity contribution in [3.8, 4) is 0 Å². The van der Waals surface area contributed by atoms with Gasteiger partial charge < -0.3 is 25.5 Å². The molecular formula is C19H22N2O5. The lowest BCUT2D eigenvalue weighted by atomic mass is 10.0. The Kier molecular flexibility index (Phi) is 7.31. The van der Waals surface area contributed by atoms with Crippen molar-refractivity contribution in [2.24, 2.45) is 5.10 Å². The number of benzene rings is 2. The van der Waals surface area contributed by atoms with Gasteiger partial charge in [0.05, 0.1) is 11.9 Å². The standard InChI is InChI=1S/C19H22N2O5/c22-15(11-13-7-3-1-4-8-13)17(24)19(26)18(25)16(23)12-20-21-14-9-5-2-6-10-14/h1-12,16-19,21-26H/t16-,17+,18+,19+/m0/s1. The minimum atomic E-state index is -1.81. The SMILES string of the molecule is OC(=Cc1ccccc1)[C@@H](O)[C@@H](O)[C@H](O)[C@@H](O)C=NNc1ccccc1. The van der Waals surface area contributed by atoms with E-state index in [1.807, 2.05) is 6.07 Å². The van der Waals surface area contributed by atoms with Crippen molar-refractivity contribution in [2.75, 3.05) is 5.43 Å². The molecule has 4 atom stereocenters. The first-order chi connectivity index (χ1) is 12.5. The van der Waals surface area contributed by atoms with E-state index in [4.69, 9.17) is 0 Å². The maximum atomic E-state index is 9.98. The van der Waals surface area contributed by atoms with Crippen molar-refractivity contribution in [3.63, 3.8) is 0 Å². The van der Waals surface area contributed by atoms with E-state index in [1.54, 1.807) is 54.6 Å². The van der Waals surface area contributed by atoms with Gasteiger partial charge in [-0.25, -0.2) is 0 Å². The van der Waals surface area contributed by atoms with Crippen LogP contribution in [0.25, 0.3) is 6.08 Å². The van der Waals surface area contributed by atoms with E-state index >= 15 is 0 Å². The molecule has 0 spiro atoms. The monoisotopic (exact) mass is 358 g/mol. The van der Waals surface area contributed by atoms with Crippen LogP contribution in [-0.4, -0.2) is 56.2 Å². The summed E-state index contributed by atoms with van der Waals surface area (Å²) in [6.07, 6.45) is -4.63. The van der Waals surface area contributed by atoms with E-state index in [0.717, 1.165) is 6.21 Å². The average Bonchev–Trinajstić information content (AvgIpc) is 2.67. The second kappa shape index (κ2) is 9.69. The Hall–Kier alpha value is -2.71. The number of hydrazone groups is 1. The number of para-hydroxylation sites is 1. The first-order valence-electron chi connectivity index (χ1n) is 8.01. The predicted octanol–water partition coefficient (Wildman–Crippen LogP) is 1.13. The Morgan fingerprint density at radius 3 is 2.04 bits per heavy atom. The Balaban J connectivity index is 1.94. The molecule has 2 aromatic carbocycles. The van der Waals surface area contributed by atoms with Crippen LogP contribution >= 0.6 is 0 Å². The minimum absolute atomic E-state index is 0.533. The van der Waals surface area contributed by atoms with Crippen molar-refractivity contribution in [2.45, 2.75) is 24.4 Å². The molecule has 0 aromatic heterocycles. The number of aliphatic hydroxyl groups is 5. The Morgan fingerprint density at radius 1 is 0.846 bits per heavy atom. The lowest BCUT2D eigenvalue weighted by Crippen LogP contribution is -2.45. The number of nitrogens with zero attached hydrogens (tertiary/aromatic N) is 1. The fraction of sp³-hybridized carbons (Fsp3) is 0.211. The van der Waals surface area contributed by atoms with E-state index in [1.165, 1.54) is 6.08 Å². The third-order valence-electron chi connectivity index (χ3n) is 3.64. The van der Waals surface area contributed by atoms with Gasteiger partial charge in [-0.2, -0.15) is 5.10 Å². The van der Waals surface area contributed by atoms with Gasteiger partial charge in [-0.3, -0.25) is 5.43 Å². The molecule has 0 saturated carbocycles. The molecule has 6 N–H and O–H groups in total. The first-order valence-corrected chi connectivity index (χ1v) is 8.01. The molecule has 0 amide bonds. The highest BCUT2D eigenvalue weighted by atomic mass is 16.4. The maximum Gasteiger partial charge on any atom is 0.139 e. The summed E-state index contributed by atoms with van der Waals surface area (Å²) >= 11 is 0. The molecule has 0 saturated heterocycles. The zero-order chi connectivity index (χ0) is 18.9. The van der Waals surface area contributed by atoms with Crippen LogP contribution in [0.1, 0.15) is 5.56 Å². The Morgan fingerprint density at radius 2 is 1.42 bits per heavy atom. The number of hydrogen-bond donors (Lipinski definition) is 6. The molecule has 0 radical (unpaired) electrons. The first kappa shape index (κ1) is 19.6. The topological polar surface area (TPSA) is 126 Å². The molecule has 0 aliphatic rings. The van der Waals surface area contributed by atoms with Crippen molar-refractivity contribution >= 4 is 18.0 Å². The summed E-state index contributed by atoms with van der Waals surface area (Å²) in [6.45, 7) is 0. The quantitative estimate of drug-likeness (QED) is 0.239. The molecule has 0 aliphatic carbocycles. The number of hydrogen-bond acceptors (Lipinski definition) is 7. The van der Waals surface area contributed by atoms with Crippen LogP contribution in [0.4, 0.5) is 5.69 Å². The zero-order valence-electron chi connectivity index (χ0n) is 13.9. The van der Waals surface area contributed by atoms with Gasteiger partial charge in [-0.15, -0.1) is 0 Å². The number of anilines is 1. The van der Waals surface area contributed by atoms with Gasteiger partial charge in [0.15, 0.2) is 0 Å². The average molecular weight is 358 g/mol. The van der Waals surface area contributed by atoms with Crippen LogP contribution in [0.5, 0.6) is 0 Å². The van der Waals surface area contributed by atoms with E-state index in [0.29, 0.717) is 11.3 Å². The van der Waals surface area contributed by atoms with Crippen LogP contribution in [0, 0.1) is 0 Å². The van der Waals surface area contributed by atoms with Crippen molar-refractivity contribution in [1.29, 1.82) is 0 Å². The molecular weight excluding hydrogens is 336 g/mol. The van der Waals surface area contributed by atoms with E-state index in [2.05, 4.69) is 10.5 Å². The summed E-state index contributed by atoms with van der Waals surface area (Å²) in [6, 6.07) is 17.6. The highest BCUT2D eigenvalue weighted by Crippen LogP contribution is 2.14. The summed E-state index contributed by atoms with van der Waals surface area (Å²) < 4.78 is 0. The Labute approximate surface area is 151 Å². The minimum Gasteiger partial charge on any atom is -0.509 e. The lowest BCUT2D eigenvalue weighted by molar-refractivity contribution is -0.0851. The van der Waals surface area contributed by atoms with Crippen LogP contribution in [0.2, 0.25) is 0 Å². The van der Waals surface area contributed by atoms with E-state index in [9.17, 15) is 25.5 Å². The third kappa shape index (κ3) is 5.68.